The number of imidazole rings is 1. The normalized spacial score (nSPS) is 10.6. The number of carbonyl (C=O) groups is 2. The van der Waals surface area contributed by atoms with E-state index in [0.29, 0.717) is 27.2 Å². The molecule has 2 amide bonds. The monoisotopic (exact) mass is 344 g/mol. The standard InChI is InChI=1S/C16H13FN4O2S/c1-8(22)18-10-3-2-4-11(7-10)19-15(23)12-5-9(17)6-13-14(12)21-16(24)20-13/h2-7H,1H3,(H,18,22)(H,19,23)(H2,20,21,24). The van der Waals surface area contributed by atoms with Gasteiger partial charge in [-0.2, -0.15) is 0 Å². The lowest BCUT2D eigenvalue weighted by Crippen LogP contribution is -2.13. The predicted octanol–water partition coefficient (Wildman–Crippen LogP) is 3.58. The van der Waals surface area contributed by atoms with Crippen LogP contribution in [0.15, 0.2) is 36.4 Å². The number of H-pyrrole nitrogens is 2. The Morgan fingerprint density at radius 2 is 1.79 bits per heavy atom. The lowest BCUT2D eigenvalue weighted by atomic mass is 10.1. The second-order valence-electron chi connectivity index (χ2n) is 5.17. The van der Waals surface area contributed by atoms with Crippen molar-refractivity contribution in [1.29, 1.82) is 0 Å². The van der Waals surface area contributed by atoms with Crippen LogP contribution < -0.4 is 10.6 Å². The quantitative estimate of drug-likeness (QED) is 0.548. The molecule has 2 aromatic carbocycles. The Labute approximate surface area is 141 Å². The number of anilines is 2. The zero-order valence-corrected chi connectivity index (χ0v) is 13.4. The van der Waals surface area contributed by atoms with Gasteiger partial charge in [-0.1, -0.05) is 6.07 Å². The van der Waals surface area contributed by atoms with Crippen LogP contribution in [-0.4, -0.2) is 21.8 Å². The van der Waals surface area contributed by atoms with Gasteiger partial charge in [0.1, 0.15) is 5.82 Å². The fourth-order valence-corrected chi connectivity index (χ4v) is 2.57. The van der Waals surface area contributed by atoms with Crippen LogP contribution in [0.3, 0.4) is 0 Å². The lowest BCUT2D eigenvalue weighted by molar-refractivity contribution is -0.114. The summed E-state index contributed by atoms with van der Waals surface area (Å²) in [6.07, 6.45) is 0. The summed E-state index contributed by atoms with van der Waals surface area (Å²) in [5.41, 5.74) is 1.99. The summed E-state index contributed by atoms with van der Waals surface area (Å²) >= 11 is 4.98. The molecule has 0 saturated carbocycles. The summed E-state index contributed by atoms with van der Waals surface area (Å²) < 4.78 is 14.0. The molecule has 0 aliphatic heterocycles. The van der Waals surface area contributed by atoms with E-state index in [1.54, 1.807) is 24.3 Å². The van der Waals surface area contributed by atoms with Crippen molar-refractivity contribution in [1.82, 2.24) is 9.97 Å². The molecule has 6 nitrogen and oxygen atoms in total. The van der Waals surface area contributed by atoms with Crippen molar-refractivity contribution in [3.63, 3.8) is 0 Å². The highest BCUT2D eigenvalue weighted by molar-refractivity contribution is 7.71. The van der Waals surface area contributed by atoms with Gasteiger partial charge >= 0.3 is 0 Å². The van der Waals surface area contributed by atoms with Crippen molar-refractivity contribution in [2.24, 2.45) is 0 Å². The Kier molecular flexibility index (Phi) is 4.13. The van der Waals surface area contributed by atoms with E-state index in [1.807, 2.05) is 0 Å². The van der Waals surface area contributed by atoms with Gasteiger partial charge in [-0.15, -0.1) is 0 Å². The number of fused-ring (bicyclic) bond motifs is 1. The van der Waals surface area contributed by atoms with E-state index in [9.17, 15) is 14.0 Å². The van der Waals surface area contributed by atoms with Gasteiger partial charge in [-0.05, 0) is 42.5 Å². The molecule has 3 aromatic rings. The highest BCUT2D eigenvalue weighted by Crippen LogP contribution is 2.21. The van der Waals surface area contributed by atoms with Crippen molar-refractivity contribution in [3.05, 3.63) is 52.5 Å². The Bertz CT molecular complexity index is 1010. The third-order valence-electron chi connectivity index (χ3n) is 3.28. The van der Waals surface area contributed by atoms with Gasteiger partial charge in [0, 0.05) is 18.3 Å². The van der Waals surface area contributed by atoms with E-state index in [0.717, 1.165) is 6.07 Å². The molecule has 4 N–H and O–H groups in total. The number of amides is 2. The maximum absolute atomic E-state index is 13.7. The predicted molar refractivity (Wildman–Crippen MR) is 92.1 cm³/mol. The average Bonchev–Trinajstić information content (AvgIpc) is 2.85. The largest absolute Gasteiger partial charge is 0.331 e. The van der Waals surface area contributed by atoms with Crippen LogP contribution in [0.1, 0.15) is 17.3 Å². The van der Waals surface area contributed by atoms with Crippen molar-refractivity contribution >= 4 is 46.4 Å². The Balaban J connectivity index is 1.93. The van der Waals surface area contributed by atoms with E-state index >= 15 is 0 Å². The zero-order valence-electron chi connectivity index (χ0n) is 12.6. The minimum absolute atomic E-state index is 0.127. The van der Waals surface area contributed by atoms with Crippen molar-refractivity contribution in [2.45, 2.75) is 6.92 Å². The van der Waals surface area contributed by atoms with Gasteiger partial charge in [0.05, 0.1) is 16.6 Å². The van der Waals surface area contributed by atoms with Crippen LogP contribution in [0.5, 0.6) is 0 Å². The molecule has 0 spiro atoms. The summed E-state index contributed by atoms with van der Waals surface area (Å²) in [5.74, 6) is -1.26. The molecule has 8 heteroatoms. The number of hydrogen-bond donors (Lipinski definition) is 4. The van der Waals surface area contributed by atoms with Crippen LogP contribution in [0, 0.1) is 10.6 Å². The number of hydrogen-bond acceptors (Lipinski definition) is 3. The van der Waals surface area contributed by atoms with Crippen molar-refractivity contribution in [2.75, 3.05) is 10.6 Å². The smallest absolute Gasteiger partial charge is 0.257 e. The fourth-order valence-electron chi connectivity index (χ4n) is 2.36. The van der Waals surface area contributed by atoms with Gasteiger partial charge in [-0.3, -0.25) is 9.59 Å². The number of aromatic nitrogens is 2. The summed E-state index contributed by atoms with van der Waals surface area (Å²) in [6.45, 7) is 1.39. The maximum Gasteiger partial charge on any atom is 0.257 e. The number of aromatic amines is 2. The maximum atomic E-state index is 13.7. The van der Waals surface area contributed by atoms with Gasteiger partial charge in [0.15, 0.2) is 4.77 Å². The summed E-state index contributed by atoms with van der Waals surface area (Å²) in [6, 6.07) is 9.05. The molecular formula is C16H13FN4O2S. The number of halogens is 1. The van der Waals surface area contributed by atoms with Crippen molar-refractivity contribution in [3.8, 4) is 0 Å². The van der Waals surface area contributed by atoms with E-state index in [-0.39, 0.29) is 11.5 Å². The minimum atomic E-state index is -0.551. The number of benzene rings is 2. The highest BCUT2D eigenvalue weighted by Gasteiger charge is 2.14. The first kappa shape index (κ1) is 15.9. The topological polar surface area (TPSA) is 89.8 Å². The van der Waals surface area contributed by atoms with Gasteiger partial charge in [0.2, 0.25) is 5.91 Å². The molecule has 0 unspecified atom stereocenters. The summed E-state index contributed by atoms with van der Waals surface area (Å²) in [4.78, 5) is 29.2. The molecule has 0 fully saturated rings. The van der Waals surface area contributed by atoms with Gasteiger partial charge in [0.25, 0.3) is 5.91 Å². The average molecular weight is 344 g/mol. The fraction of sp³-hybridized carbons (Fsp3) is 0.0625. The van der Waals surface area contributed by atoms with Crippen LogP contribution in [0.25, 0.3) is 11.0 Å². The molecule has 3 rings (SSSR count). The van der Waals surface area contributed by atoms with Gasteiger partial charge in [-0.25, -0.2) is 4.39 Å². The number of carbonyl (C=O) groups excluding carboxylic acids is 2. The van der Waals surface area contributed by atoms with E-state index < -0.39 is 11.7 Å². The highest BCUT2D eigenvalue weighted by atomic mass is 32.1. The third kappa shape index (κ3) is 3.33. The Morgan fingerprint density at radius 1 is 1.08 bits per heavy atom. The molecule has 0 bridgehead atoms. The summed E-state index contributed by atoms with van der Waals surface area (Å²) in [5, 5.41) is 5.30. The molecule has 0 radical (unpaired) electrons. The number of nitrogens with one attached hydrogen (secondary N) is 4. The minimum Gasteiger partial charge on any atom is -0.331 e. The molecule has 0 aliphatic rings. The first-order chi connectivity index (χ1) is 11.4. The Hall–Kier alpha value is -3.00. The molecule has 0 saturated heterocycles. The van der Waals surface area contributed by atoms with E-state index in [2.05, 4.69) is 20.6 Å². The van der Waals surface area contributed by atoms with Crippen LogP contribution >= 0.6 is 12.2 Å². The van der Waals surface area contributed by atoms with Gasteiger partial charge < -0.3 is 20.6 Å². The zero-order chi connectivity index (χ0) is 17.3. The van der Waals surface area contributed by atoms with E-state index in [1.165, 1.54) is 13.0 Å². The second kappa shape index (κ2) is 6.25. The molecular weight excluding hydrogens is 331 g/mol. The molecule has 0 aliphatic carbocycles. The first-order valence-corrected chi connectivity index (χ1v) is 7.44. The molecule has 1 aromatic heterocycles. The van der Waals surface area contributed by atoms with Crippen LogP contribution in [0.4, 0.5) is 15.8 Å². The molecule has 122 valence electrons. The van der Waals surface area contributed by atoms with Crippen LogP contribution in [0.2, 0.25) is 0 Å². The van der Waals surface area contributed by atoms with E-state index in [4.69, 9.17) is 12.2 Å². The SMILES string of the molecule is CC(=O)Nc1cccc(NC(=O)c2cc(F)cc3[nH]c(=S)[nH]c23)c1. The molecule has 0 atom stereocenters. The van der Waals surface area contributed by atoms with Crippen LogP contribution in [-0.2, 0) is 4.79 Å². The Morgan fingerprint density at radius 3 is 2.50 bits per heavy atom. The molecule has 1 heterocycles. The van der Waals surface area contributed by atoms with Crippen molar-refractivity contribution < 1.29 is 14.0 Å². The first-order valence-electron chi connectivity index (χ1n) is 7.03. The third-order valence-corrected chi connectivity index (χ3v) is 3.48. The number of rotatable bonds is 3. The molecule has 24 heavy (non-hydrogen) atoms. The summed E-state index contributed by atoms with van der Waals surface area (Å²) in [7, 11) is 0. The second-order valence-corrected chi connectivity index (χ2v) is 5.58. The lowest BCUT2D eigenvalue weighted by Gasteiger charge is -2.08.